The largest absolute Gasteiger partial charge is 0.408 e. The van der Waals surface area contributed by atoms with Gasteiger partial charge < -0.3 is 0 Å². The van der Waals surface area contributed by atoms with Crippen LogP contribution in [0.4, 0.5) is 13.2 Å². The van der Waals surface area contributed by atoms with Crippen molar-refractivity contribution in [2.24, 2.45) is 0 Å². The van der Waals surface area contributed by atoms with Gasteiger partial charge in [0.1, 0.15) is 17.8 Å². The lowest BCUT2D eigenvalue weighted by molar-refractivity contribution is -0.141. The number of halogens is 3. The third-order valence-electron chi connectivity index (χ3n) is 3.83. The highest BCUT2D eigenvalue weighted by molar-refractivity contribution is 5.86. The zero-order chi connectivity index (χ0) is 19.6. The molecule has 2 aromatic heterocycles. The lowest BCUT2D eigenvalue weighted by atomic mass is 10.1. The fourth-order valence-corrected chi connectivity index (χ4v) is 2.64. The van der Waals surface area contributed by atoms with Crippen LogP contribution >= 0.6 is 0 Å². The van der Waals surface area contributed by atoms with Crippen LogP contribution in [0.3, 0.4) is 0 Å². The molecule has 0 bridgehead atoms. The molecule has 10 heteroatoms. The number of amides is 1. The van der Waals surface area contributed by atoms with Crippen molar-refractivity contribution in [3.63, 3.8) is 0 Å². The maximum Gasteiger partial charge on any atom is 0.408 e. The van der Waals surface area contributed by atoms with E-state index in [1.54, 1.807) is 31.2 Å². The van der Waals surface area contributed by atoms with E-state index in [4.69, 9.17) is 0 Å². The number of fused-ring (bicyclic) bond motifs is 1. The van der Waals surface area contributed by atoms with Crippen LogP contribution in [0.5, 0.6) is 0 Å². The van der Waals surface area contributed by atoms with Crippen LogP contribution in [-0.4, -0.2) is 31.5 Å². The summed E-state index contributed by atoms with van der Waals surface area (Å²) in [6.07, 6.45) is -3.20. The van der Waals surface area contributed by atoms with E-state index < -0.39 is 24.2 Å². The van der Waals surface area contributed by atoms with Crippen molar-refractivity contribution >= 4 is 16.9 Å². The van der Waals surface area contributed by atoms with E-state index in [1.807, 2.05) is 6.07 Å². The molecule has 3 aromatic rings. The predicted molar refractivity (Wildman–Crippen MR) is 91.7 cm³/mol. The van der Waals surface area contributed by atoms with Crippen LogP contribution in [0.1, 0.15) is 18.3 Å². The monoisotopic (exact) mass is 379 g/mol. The average Bonchev–Trinajstić information content (AvgIpc) is 2.99. The number of nitrogens with one attached hydrogen (secondary N) is 1. The second-order valence-corrected chi connectivity index (χ2v) is 5.87. The van der Waals surface area contributed by atoms with Crippen molar-refractivity contribution in [2.45, 2.75) is 32.5 Å². The minimum absolute atomic E-state index is 0.0435. The Balaban J connectivity index is 1.95. The molecule has 7 nitrogen and oxygen atoms in total. The quantitative estimate of drug-likeness (QED) is 0.736. The van der Waals surface area contributed by atoms with Crippen LogP contribution in [-0.2, 0) is 24.2 Å². The molecule has 2 heterocycles. The summed E-state index contributed by atoms with van der Waals surface area (Å²) in [5, 5.41) is 3.51. The molecule has 0 saturated heterocycles. The van der Waals surface area contributed by atoms with Gasteiger partial charge in [0, 0.05) is 6.42 Å². The van der Waals surface area contributed by atoms with Gasteiger partial charge in [-0.25, -0.2) is 14.3 Å². The number of carbonyl (C=O) groups excluding carboxylic acids is 1. The van der Waals surface area contributed by atoms with Crippen molar-refractivity contribution in [1.29, 1.82) is 0 Å². The molecule has 0 aliphatic heterocycles. The summed E-state index contributed by atoms with van der Waals surface area (Å²) in [5.74, 6) is -0.306. The number of rotatable bonds is 5. The molecule has 0 spiro atoms. The van der Waals surface area contributed by atoms with Crippen molar-refractivity contribution < 1.29 is 18.0 Å². The summed E-state index contributed by atoms with van der Waals surface area (Å²) in [7, 11) is 0. The third-order valence-corrected chi connectivity index (χ3v) is 3.83. The fourth-order valence-electron chi connectivity index (χ4n) is 2.64. The summed E-state index contributed by atoms with van der Waals surface area (Å²) < 4.78 is 39.6. The Kier molecular flexibility index (Phi) is 4.98. The van der Waals surface area contributed by atoms with E-state index in [2.05, 4.69) is 15.5 Å². The molecule has 0 unspecified atom stereocenters. The highest BCUT2D eigenvalue weighted by atomic mass is 19.4. The second kappa shape index (κ2) is 7.22. The summed E-state index contributed by atoms with van der Waals surface area (Å²) in [5.41, 5.74) is 2.39. The van der Waals surface area contributed by atoms with Gasteiger partial charge >= 0.3 is 6.18 Å². The lowest BCUT2D eigenvalue weighted by Crippen LogP contribution is -2.37. The molecule has 1 N–H and O–H groups in total. The van der Waals surface area contributed by atoms with E-state index in [-0.39, 0.29) is 29.7 Å². The number of aryl methyl sites for hydroxylation is 1. The van der Waals surface area contributed by atoms with Gasteiger partial charge in [-0.05, 0) is 5.56 Å². The zero-order valence-electron chi connectivity index (χ0n) is 14.3. The van der Waals surface area contributed by atoms with Crippen LogP contribution < -0.4 is 11.0 Å². The molecule has 3 rings (SSSR count). The summed E-state index contributed by atoms with van der Waals surface area (Å²) in [4.78, 5) is 29.0. The van der Waals surface area contributed by atoms with Crippen LogP contribution in [0.2, 0.25) is 0 Å². The number of benzene rings is 1. The van der Waals surface area contributed by atoms with Gasteiger partial charge in [-0.3, -0.25) is 15.0 Å². The Hall–Kier alpha value is -3.17. The van der Waals surface area contributed by atoms with Crippen molar-refractivity contribution in [2.75, 3.05) is 5.43 Å². The molecular weight excluding hydrogens is 363 g/mol. The minimum atomic E-state index is -4.49. The molecular formula is C17H16F3N5O2. The molecule has 0 atom stereocenters. The normalized spacial score (nSPS) is 11.7. The standard InChI is InChI=1S/C17H16F3N5O2/c1-2-13-22-15-12(9-21-24(15)10-17(18,19)20)16(27)25(13)23-14(26)8-11-6-4-3-5-7-11/h3-7,9H,2,8,10H2,1H3,(H,23,26). The first-order valence-corrected chi connectivity index (χ1v) is 8.16. The molecule has 142 valence electrons. The lowest BCUT2D eigenvalue weighted by Gasteiger charge is -2.13. The first kappa shape index (κ1) is 18.6. The number of carbonyl (C=O) groups is 1. The number of nitrogens with zero attached hydrogens (tertiary/aromatic N) is 4. The molecule has 0 aliphatic rings. The highest BCUT2D eigenvalue weighted by Crippen LogP contribution is 2.19. The van der Waals surface area contributed by atoms with E-state index in [9.17, 15) is 22.8 Å². The SMILES string of the molecule is CCc1nc2c(cnn2CC(F)(F)F)c(=O)n1NC(=O)Cc1ccccc1. The molecule has 0 radical (unpaired) electrons. The van der Waals surface area contributed by atoms with Gasteiger partial charge in [0.2, 0.25) is 5.91 Å². The smallest absolute Gasteiger partial charge is 0.273 e. The Labute approximate surface area is 151 Å². The zero-order valence-corrected chi connectivity index (χ0v) is 14.3. The van der Waals surface area contributed by atoms with Gasteiger partial charge in [0.15, 0.2) is 5.65 Å². The molecule has 27 heavy (non-hydrogen) atoms. The topological polar surface area (TPSA) is 81.8 Å². The number of alkyl halides is 3. The van der Waals surface area contributed by atoms with Crippen LogP contribution in [0, 0.1) is 0 Å². The van der Waals surface area contributed by atoms with Crippen molar-refractivity contribution in [3.05, 3.63) is 58.3 Å². The van der Waals surface area contributed by atoms with Gasteiger partial charge in [-0.2, -0.15) is 18.3 Å². The summed E-state index contributed by atoms with van der Waals surface area (Å²) in [6.45, 7) is 0.328. The third kappa shape index (κ3) is 4.15. The van der Waals surface area contributed by atoms with E-state index in [0.717, 1.165) is 16.4 Å². The molecule has 0 saturated carbocycles. The Morgan fingerprint density at radius 3 is 2.56 bits per heavy atom. The fraction of sp³-hybridized carbons (Fsp3) is 0.294. The average molecular weight is 379 g/mol. The minimum Gasteiger partial charge on any atom is -0.273 e. The first-order chi connectivity index (χ1) is 12.8. The highest BCUT2D eigenvalue weighted by Gasteiger charge is 2.30. The Morgan fingerprint density at radius 1 is 1.22 bits per heavy atom. The molecule has 1 aromatic carbocycles. The van der Waals surface area contributed by atoms with Crippen LogP contribution in [0.15, 0.2) is 41.3 Å². The van der Waals surface area contributed by atoms with Crippen molar-refractivity contribution in [1.82, 2.24) is 19.4 Å². The molecule has 0 fully saturated rings. The summed E-state index contributed by atoms with van der Waals surface area (Å²) >= 11 is 0. The Morgan fingerprint density at radius 2 is 1.93 bits per heavy atom. The number of hydrogen-bond donors (Lipinski definition) is 1. The van der Waals surface area contributed by atoms with Crippen molar-refractivity contribution in [3.8, 4) is 0 Å². The van der Waals surface area contributed by atoms with Gasteiger partial charge in [-0.1, -0.05) is 37.3 Å². The van der Waals surface area contributed by atoms with E-state index in [0.29, 0.717) is 4.68 Å². The predicted octanol–water partition coefficient (Wildman–Crippen LogP) is 2.03. The van der Waals surface area contributed by atoms with Gasteiger partial charge in [-0.15, -0.1) is 0 Å². The summed E-state index contributed by atoms with van der Waals surface area (Å²) in [6, 6.07) is 8.93. The second-order valence-electron chi connectivity index (χ2n) is 5.87. The molecule has 1 amide bonds. The van der Waals surface area contributed by atoms with Gasteiger partial charge in [0.25, 0.3) is 5.56 Å². The molecule has 0 aliphatic carbocycles. The van der Waals surface area contributed by atoms with Crippen LogP contribution in [0.25, 0.3) is 11.0 Å². The van der Waals surface area contributed by atoms with Gasteiger partial charge in [0.05, 0.1) is 12.6 Å². The van der Waals surface area contributed by atoms with E-state index >= 15 is 0 Å². The maximum atomic E-state index is 12.7. The Bertz CT molecular complexity index is 1020. The number of hydrogen-bond acceptors (Lipinski definition) is 4. The maximum absolute atomic E-state index is 12.7. The number of aromatic nitrogens is 4. The first-order valence-electron chi connectivity index (χ1n) is 8.16. The van der Waals surface area contributed by atoms with E-state index in [1.165, 1.54) is 0 Å².